The largest absolute Gasteiger partial charge is 0.357 e. The Balaban J connectivity index is 1.29. The molecule has 34 heavy (non-hydrogen) atoms. The number of pyridine rings is 2. The van der Waals surface area contributed by atoms with Gasteiger partial charge < -0.3 is 15.2 Å². The SMILES string of the molecule is Cn1ccc(=Nc2cccc(NC(=O)c3ccc(Nc4ccnc5ccccc45)cc3)c2)cc1. The molecule has 0 atom stereocenters. The second-order valence-corrected chi connectivity index (χ2v) is 7.92. The molecule has 2 aromatic heterocycles. The van der Waals surface area contributed by atoms with E-state index in [4.69, 9.17) is 0 Å². The average Bonchev–Trinajstić information content (AvgIpc) is 2.86. The van der Waals surface area contributed by atoms with Crippen LogP contribution < -0.4 is 16.0 Å². The molecule has 0 unspecified atom stereocenters. The molecule has 2 N–H and O–H groups in total. The van der Waals surface area contributed by atoms with E-state index in [1.165, 1.54) is 0 Å². The fourth-order valence-electron chi connectivity index (χ4n) is 3.64. The number of nitrogens with one attached hydrogen (secondary N) is 2. The van der Waals surface area contributed by atoms with E-state index < -0.39 is 0 Å². The molecule has 0 saturated heterocycles. The summed E-state index contributed by atoms with van der Waals surface area (Å²) in [6.07, 6.45) is 5.67. The number of hydrogen-bond donors (Lipinski definition) is 2. The number of amides is 1. The van der Waals surface area contributed by atoms with Gasteiger partial charge >= 0.3 is 0 Å². The first kappa shape index (κ1) is 21.2. The van der Waals surface area contributed by atoms with Crippen LogP contribution in [0.15, 0.2) is 115 Å². The van der Waals surface area contributed by atoms with E-state index in [0.717, 1.165) is 33.3 Å². The number of carbonyl (C=O) groups excluding carboxylic acids is 1. The Bertz CT molecular complexity index is 1510. The Morgan fingerprint density at radius 3 is 2.47 bits per heavy atom. The minimum atomic E-state index is -0.176. The first-order valence-electron chi connectivity index (χ1n) is 10.9. The van der Waals surface area contributed by atoms with E-state index >= 15 is 0 Å². The summed E-state index contributed by atoms with van der Waals surface area (Å²) in [5.41, 5.74) is 4.83. The first-order chi connectivity index (χ1) is 16.6. The van der Waals surface area contributed by atoms with Gasteiger partial charge in [0.15, 0.2) is 0 Å². The van der Waals surface area contributed by atoms with Crippen molar-refractivity contribution in [3.05, 3.63) is 121 Å². The summed E-state index contributed by atoms with van der Waals surface area (Å²) < 4.78 is 1.95. The average molecular weight is 446 g/mol. The third-order valence-electron chi connectivity index (χ3n) is 5.40. The van der Waals surface area contributed by atoms with Crippen LogP contribution >= 0.6 is 0 Å². The number of hydrogen-bond acceptors (Lipinski definition) is 4. The van der Waals surface area contributed by atoms with Gasteiger partial charge in [-0.05, 0) is 66.7 Å². The Hall–Kier alpha value is -4.71. The first-order valence-corrected chi connectivity index (χ1v) is 10.9. The van der Waals surface area contributed by atoms with Crippen LogP contribution in [0.1, 0.15) is 10.4 Å². The molecule has 0 spiro atoms. The van der Waals surface area contributed by atoms with Gasteiger partial charge in [0, 0.05) is 53.7 Å². The summed E-state index contributed by atoms with van der Waals surface area (Å²) in [6, 6.07) is 28.7. The van der Waals surface area contributed by atoms with Gasteiger partial charge in [0.2, 0.25) is 0 Å². The minimum Gasteiger partial charge on any atom is -0.357 e. The van der Waals surface area contributed by atoms with Crippen molar-refractivity contribution in [3.8, 4) is 0 Å². The predicted molar refractivity (Wildman–Crippen MR) is 136 cm³/mol. The van der Waals surface area contributed by atoms with Gasteiger partial charge in [-0.2, -0.15) is 0 Å². The third-order valence-corrected chi connectivity index (χ3v) is 5.40. The van der Waals surface area contributed by atoms with Crippen molar-refractivity contribution < 1.29 is 4.79 Å². The number of aryl methyl sites for hydroxylation is 1. The van der Waals surface area contributed by atoms with E-state index in [2.05, 4.69) is 20.6 Å². The van der Waals surface area contributed by atoms with Gasteiger partial charge in [-0.15, -0.1) is 0 Å². The molecule has 3 aromatic carbocycles. The van der Waals surface area contributed by atoms with Crippen LogP contribution in [0.25, 0.3) is 10.9 Å². The topological polar surface area (TPSA) is 71.3 Å². The number of aromatic nitrogens is 2. The van der Waals surface area contributed by atoms with Crippen LogP contribution in [0.3, 0.4) is 0 Å². The molecule has 0 fully saturated rings. The monoisotopic (exact) mass is 445 g/mol. The molecule has 6 nitrogen and oxygen atoms in total. The van der Waals surface area contributed by atoms with E-state index in [-0.39, 0.29) is 5.91 Å². The fourth-order valence-corrected chi connectivity index (χ4v) is 3.64. The van der Waals surface area contributed by atoms with Crippen molar-refractivity contribution in [2.75, 3.05) is 10.6 Å². The highest BCUT2D eigenvalue weighted by Gasteiger charge is 2.08. The molecular formula is C28H23N5O. The number of carbonyl (C=O) groups is 1. The minimum absolute atomic E-state index is 0.176. The van der Waals surface area contributed by atoms with E-state index in [9.17, 15) is 4.79 Å². The van der Waals surface area contributed by atoms with Crippen LogP contribution in [0.5, 0.6) is 0 Å². The molecule has 0 saturated carbocycles. The molecule has 0 aliphatic heterocycles. The molecule has 0 bridgehead atoms. The number of fused-ring (bicyclic) bond motifs is 1. The quantitative estimate of drug-likeness (QED) is 0.359. The molecule has 5 aromatic rings. The molecule has 0 radical (unpaired) electrons. The number of benzene rings is 3. The Morgan fingerprint density at radius 2 is 1.65 bits per heavy atom. The molecule has 5 rings (SSSR count). The van der Waals surface area contributed by atoms with Crippen LogP contribution in [0.4, 0.5) is 22.7 Å². The molecular weight excluding hydrogens is 422 g/mol. The maximum absolute atomic E-state index is 12.8. The standard InChI is InChI=1S/C28H23N5O/c1-33-17-14-22(15-18-33)30-23-5-4-6-24(19-23)32-28(34)20-9-11-21(12-10-20)31-27-13-16-29-26-8-3-2-7-25(26)27/h2-19H,1H3,(H,29,31)(H,32,34). The highest BCUT2D eigenvalue weighted by atomic mass is 16.1. The second-order valence-electron chi connectivity index (χ2n) is 7.92. The zero-order chi connectivity index (χ0) is 23.3. The summed E-state index contributed by atoms with van der Waals surface area (Å²) in [5.74, 6) is -0.176. The van der Waals surface area contributed by atoms with Crippen molar-refractivity contribution in [3.63, 3.8) is 0 Å². The normalized spacial score (nSPS) is 10.6. The summed E-state index contributed by atoms with van der Waals surface area (Å²) in [5, 5.41) is 8.26. The maximum Gasteiger partial charge on any atom is 0.255 e. The molecule has 1 amide bonds. The van der Waals surface area contributed by atoms with Crippen LogP contribution in [-0.2, 0) is 7.05 Å². The lowest BCUT2D eigenvalue weighted by Gasteiger charge is -2.10. The number of nitrogens with zero attached hydrogens (tertiary/aromatic N) is 3. The smallest absolute Gasteiger partial charge is 0.255 e. The van der Waals surface area contributed by atoms with Crippen LogP contribution in [0.2, 0.25) is 0 Å². The lowest BCUT2D eigenvalue weighted by molar-refractivity contribution is 0.102. The second kappa shape index (κ2) is 9.42. The van der Waals surface area contributed by atoms with Gasteiger partial charge in [0.1, 0.15) is 0 Å². The molecule has 0 aliphatic rings. The predicted octanol–water partition coefficient (Wildman–Crippen LogP) is 5.80. The molecule has 2 heterocycles. The van der Waals surface area contributed by atoms with E-state index in [1.807, 2.05) is 103 Å². The molecule has 6 heteroatoms. The van der Waals surface area contributed by atoms with E-state index in [1.54, 1.807) is 18.3 Å². The maximum atomic E-state index is 12.8. The van der Waals surface area contributed by atoms with Gasteiger partial charge in [0.05, 0.1) is 16.6 Å². The van der Waals surface area contributed by atoms with Gasteiger partial charge in [-0.1, -0.05) is 24.3 Å². The summed E-state index contributed by atoms with van der Waals surface area (Å²) in [6.45, 7) is 0. The third kappa shape index (κ3) is 4.86. The fraction of sp³-hybridized carbons (Fsp3) is 0.0357. The zero-order valence-corrected chi connectivity index (χ0v) is 18.6. The van der Waals surface area contributed by atoms with Gasteiger partial charge in [-0.25, -0.2) is 4.99 Å². The lowest BCUT2D eigenvalue weighted by atomic mass is 10.1. The van der Waals surface area contributed by atoms with Crippen molar-refractivity contribution in [2.24, 2.45) is 12.0 Å². The Morgan fingerprint density at radius 1 is 0.853 bits per heavy atom. The van der Waals surface area contributed by atoms with Gasteiger partial charge in [0.25, 0.3) is 5.91 Å². The number of para-hydroxylation sites is 1. The number of anilines is 3. The molecule has 166 valence electrons. The Labute approximate surface area is 197 Å². The summed E-state index contributed by atoms with van der Waals surface area (Å²) in [7, 11) is 1.96. The van der Waals surface area contributed by atoms with Crippen molar-refractivity contribution in [1.82, 2.24) is 9.55 Å². The highest BCUT2D eigenvalue weighted by molar-refractivity contribution is 6.04. The van der Waals surface area contributed by atoms with Crippen molar-refractivity contribution in [2.45, 2.75) is 0 Å². The molecule has 0 aliphatic carbocycles. The van der Waals surface area contributed by atoms with Gasteiger partial charge in [-0.3, -0.25) is 9.78 Å². The van der Waals surface area contributed by atoms with Crippen molar-refractivity contribution >= 4 is 39.6 Å². The van der Waals surface area contributed by atoms with Crippen molar-refractivity contribution in [1.29, 1.82) is 0 Å². The van der Waals surface area contributed by atoms with Crippen LogP contribution in [0, 0.1) is 0 Å². The van der Waals surface area contributed by atoms with Crippen LogP contribution in [-0.4, -0.2) is 15.5 Å². The number of rotatable bonds is 5. The zero-order valence-electron chi connectivity index (χ0n) is 18.6. The summed E-state index contributed by atoms with van der Waals surface area (Å²) >= 11 is 0. The van der Waals surface area contributed by atoms with E-state index in [0.29, 0.717) is 11.3 Å². The Kier molecular flexibility index (Phi) is 5.86. The highest BCUT2D eigenvalue weighted by Crippen LogP contribution is 2.25. The lowest BCUT2D eigenvalue weighted by Crippen LogP contribution is -2.11. The summed E-state index contributed by atoms with van der Waals surface area (Å²) in [4.78, 5) is 21.8.